The molecule has 2 atom stereocenters. The number of nitriles is 1. The SMILES string of the molecule is Cc1cccc(C(=O)O[C@@](Cn2cncn2)(c2ccc(F)cc2F)[C@@H](C)SC2COC(/C=C/C=C/c3ccc(C#N)cc3F)OC2)c1C. The van der Waals surface area contributed by atoms with Crippen molar-refractivity contribution >= 4 is 23.8 Å². The third-order valence-corrected chi connectivity index (χ3v) is 9.53. The third-order valence-electron chi connectivity index (χ3n) is 8.08. The summed E-state index contributed by atoms with van der Waals surface area (Å²) in [5.41, 5.74) is 0.838. The van der Waals surface area contributed by atoms with Crippen LogP contribution in [0.15, 0.2) is 85.5 Å². The van der Waals surface area contributed by atoms with Crippen LogP contribution in [0, 0.1) is 42.6 Å². The monoisotopic (exact) mass is 674 g/mol. The molecule has 12 heteroatoms. The highest BCUT2D eigenvalue weighted by Gasteiger charge is 2.47. The Balaban J connectivity index is 1.35. The van der Waals surface area contributed by atoms with Gasteiger partial charge in [-0.3, -0.25) is 0 Å². The van der Waals surface area contributed by atoms with Crippen LogP contribution in [-0.4, -0.2) is 50.7 Å². The molecule has 248 valence electrons. The lowest BCUT2D eigenvalue weighted by molar-refractivity contribution is -0.146. The van der Waals surface area contributed by atoms with Crippen molar-refractivity contribution in [2.24, 2.45) is 0 Å². The van der Waals surface area contributed by atoms with Crippen molar-refractivity contribution in [3.8, 4) is 6.07 Å². The summed E-state index contributed by atoms with van der Waals surface area (Å²) in [6.07, 6.45) is 8.65. The van der Waals surface area contributed by atoms with E-state index >= 15 is 4.39 Å². The number of rotatable bonds is 11. The molecule has 0 amide bonds. The quantitative estimate of drug-likeness (QED) is 0.123. The van der Waals surface area contributed by atoms with Crippen LogP contribution in [0.4, 0.5) is 13.2 Å². The molecular formula is C36H33F3N4O4S. The highest BCUT2D eigenvalue weighted by Crippen LogP contribution is 2.42. The zero-order chi connectivity index (χ0) is 34.3. The van der Waals surface area contributed by atoms with Crippen molar-refractivity contribution in [2.75, 3.05) is 13.2 Å². The first kappa shape index (κ1) is 34.6. The van der Waals surface area contributed by atoms with E-state index < -0.39 is 40.6 Å². The van der Waals surface area contributed by atoms with Crippen molar-refractivity contribution in [1.82, 2.24) is 14.8 Å². The normalized spacial score (nSPS) is 18.4. The Morgan fingerprint density at radius 2 is 1.92 bits per heavy atom. The number of aryl methyl sites for hydroxylation is 1. The number of halogens is 3. The molecule has 2 heterocycles. The van der Waals surface area contributed by atoms with E-state index in [0.717, 1.165) is 23.3 Å². The fourth-order valence-corrected chi connectivity index (χ4v) is 6.68. The maximum absolute atomic E-state index is 15.7. The summed E-state index contributed by atoms with van der Waals surface area (Å²) < 4.78 is 63.6. The van der Waals surface area contributed by atoms with E-state index in [9.17, 15) is 13.6 Å². The lowest BCUT2D eigenvalue weighted by atomic mass is 9.89. The number of ether oxygens (including phenoxy) is 3. The van der Waals surface area contributed by atoms with Gasteiger partial charge in [-0.2, -0.15) is 10.4 Å². The van der Waals surface area contributed by atoms with Gasteiger partial charge in [-0.05, 0) is 68.3 Å². The molecule has 1 fully saturated rings. The Labute approximate surface area is 280 Å². The Hall–Kier alpha value is -4.70. The second kappa shape index (κ2) is 15.5. The van der Waals surface area contributed by atoms with Gasteiger partial charge in [0.05, 0.1) is 42.2 Å². The van der Waals surface area contributed by atoms with E-state index in [1.54, 1.807) is 43.4 Å². The topological polar surface area (TPSA) is 99.3 Å². The van der Waals surface area contributed by atoms with Crippen LogP contribution in [0.3, 0.4) is 0 Å². The minimum Gasteiger partial charge on any atom is -0.447 e. The third kappa shape index (κ3) is 8.05. The average Bonchev–Trinajstić information content (AvgIpc) is 3.58. The fraction of sp³-hybridized carbons (Fsp3) is 0.278. The molecule has 8 nitrogen and oxygen atoms in total. The van der Waals surface area contributed by atoms with Gasteiger partial charge in [-0.1, -0.05) is 36.4 Å². The number of aromatic nitrogens is 3. The molecule has 4 aromatic rings. The molecule has 48 heavy (non-hydrogen) atoms. The number of benzene rings is 3. The largest absolute Gasteiger partial charge is 0.447 e. The molecule has 0 aliphatic carbocycles. The number of hydrogen-bond acceptors (Lipinski definition) is 8. The Bertz CT molecular complexity index is 1850. The minimum atomic E-state index is -1.66. The lowest BCUT2D eigenvalue weighted by Gasteiger charge is -2.40. The zero-order valence-corrected chi connectivity index (χ0v) is 27.3. The van der Waals surface area contributed by atoms with E-state index in [4.69, 9.17) is 19.5 Å². The second-order valence-electron chi connectivity index (χ2n) is 11.3. The highest BCUT2D eigenvalue weighted by molar-refractivity contribution is 8.00. The Morgan fingerprint density at radius 1 is 1.12 bits per heavy atom. The predicted octanol–water partition coefficient (Wildman–Crippen LogP) is 7.07. The first-order chi connectivity index (χ1) is 23.1. The van der Waals surface area contributed by atoms with Crippen LogP contribution in [0.2, 0.25) is 0 Å². The van der Waals surface area contributed by atoms with Gasteiger partial charge >= 0.3 is 5.97 Å². The van der Waals surface area contributed by atoms with E-state index in [1.807, 2.05) is 26.0 Å². The van der Waals surface area contributed by atoms with Crippen LogP contribution in [0.1, 0.15) is 45.1 Å². The maximum atomic E-state index is 15.7. The summed E-state index contributed by atoms with van der Waals surface area (Å²) in [6.45, 7) is 5.91. The summed E-state index contributed by atoms with van der Waals surface area (Å²) in [6, 6.07) is 14.6. The molecule has 1 aromatic heterocycles. The van der Waals surface area contributed by atoms with Crippen LogP contribution in [0.5, 0.6) is 0 Å². The van der Waals surface area contributed by atoms with Crippen LogP contribution in [-0.2, 0) is 26.4 Å². The number of esters is 1. The van der Waals surface area contributed by atoms with Crippen LogP contribution in [0.25, 0.3) is 6.08 Å². The number of nitrogens with zero attached hydrogens (tertiary/aromatic N) is 4. The van der Waals surface area contributed by atoms with Gasteiger partial charge in [0.1, 0.15) is 30.1 Å². The first-order valence-corrected chi connectivity index (χ1v) is 16.0. The molecule has 0 unspecified atom stereocenters. The van der Waals surface area contributed by atoms with Crippen molar-refractivity contribution in [3.63, 3.8) is 0 Å². The number of hydrogen-bond donors (Lipinski definition) is 0. The van der Waals surface area contributed by atoms with Crippen LogP contribution < -0.4 is 0 Å². The number of allylic oxidation sites excluding steroid dienone is 2. The Morgan fingerprint density at radius 3 is 2.60 bits per heavy atom. The van der Waals surface area contributed by atoms with Gasteiger partial charge in [-0.15, -0.1) is 11.8 Å². The number of carbonyl (C=O) groups excluding carboxylic acids is 1. The fourth-order valence-electron chi connectivity index (χ4n) is 5.32. The summed E-state index contributed by atoms with van der Waals surface area (Å²) in [5.74, 6) is -2.80. The lowest BCUT2D eigenvalue weighted by Crippen LogP contribution is -2.47. The molecule has 0 spiro atoms. The van der Waals surface area contributed by atoms with E-state index in [0.29, 0.717) is 11.1 Å². The van der Waals surface area contributed by atoms with Crippen molar-refractivity contribution in [3.05, 3.63) is 136 Å². The van der Waals surface area contributed by atoms with E-state index in [1.165, 1.54) is 53.4 Å². The van der Waals surface area contributed by atoms with Crippen molar-refractivity contribution in [1.29, 1.82) is 5.26 Å². The molecule has 0 N–H and O–H groups in total. The molecule has 5 rings (SSSR count). The number of thioether (sulfide) groups is 1. The molecular weight excluding hydrogens is 641 g/mol. The summed E-state index contributed by atoms with van der Waals surface area (Å²) in [5, 5.41) is 12.2. The molecule has 1 aliphatic heterocycles. The van der Waals surface area contributed by atoms with Gasteiger partial charge in [0, 0.05) is 22.4 Å². The zero-order valence-electron chi connectivity index (χ0n) is 26.5. The molecule has 1 aliphatic rings. The smallest absolute Gasteiger partial charge is 0.339 e. The molecule has 0 bridgehead atoms. The average molecular weight is 675 g/mol. The van der Waals surface area contributed by atoms with Gasteiger partial charge in [-0.25, -0.2) is 27.6 Å². The molecule has 0 radical (unpaired) electrons. The minimum absolute atomic E-state index is 0.0120. The highest BCUT2D eigenvalue weighted by atomic mass is 32.2. The standard InChI is InChI=1S/C36H33F3N4O4S/c1-23-7-6-9-30(24(23)2)35(44)47-36(20-43-22-41-21-42-43,31-14-13-28(37)16-33(31)39)25(3)48-29-18-45-34(46-19-29)10-5-4-8-27-12-11-26(17-40)15-32(27)38/h4-16,21-22,25,29,34H,18-20H2,1-3H3/b8-4+,10-5+/t25-,29?,34?,36-/m1/s1. The van der Waals surface area contributed by atoms with Gasteiger partial charge in [0.15, 0.2) is 11.9 Å². The van der Waals surface area contributed by atoms with Gasteiger partial charge in [0.25, 0.3) is 0 Å². The van der Waals surface area contributed by atoms with Crippen molar-refractivity contribution < 1.29 is 32.2 Å². The summed E-state index contributed by atoms with van der Waals surface area (Å²) >= 11 is 1.38. The number of carbonyl (C=O) groups is 1. The molecule has 0 saturated carbocycles. The Kier molecular flexibility index (Phi) is 11.2. The summed E-state index contributed by atoms with van der Waals surface area (Å²) in [4.78, 5) is 17.9. The van der Waals surface area contributed by atoms with E-state index in [2.05, 4.69) is 10.1 Å². The van der Waals surface area contributed by atoms with Crippen LogP contribution >= 0.6 is 11.8 Å². The van der Waals surface area contributed by atoms with E-state index in [-0.39, 0.29) is 36.1 Å². The van der Waals surface area contributed by atoms with Crippen molar-refractivity contribution in [2.45, 2.75) is 49.7 Å². The molecule has 1 saturated heterocycles. The maximum Gasteiger partial charge on any atom is 0.339 e. The second-order valence-corrected chi connectivity index (χ2v) is 12.9. The van der Waals surface area contributed by atoms with Gasteiger partial charge in [0.2, 0.25) is 0 Å². The van der Waals surface area contributed by atoms with Gasteiger partial charge < -0.3 is 14.2 Å². The predicted molar refractivity (Wildman–Crippen MR) is 175 cm³/mol. The summed E-state index contributed by atoms with van der Waals surface area (Å²) in [7, 11) is 0. The first-order valence-electron chi connectivity index (χ1n) is 15.1. The molecule has 3 aromatic carbocycles.